The maximum atomic E-state index is 11.5. The van der Waals surface area contributed by atoms with Crippen molar-refractivity contribution in [3.8, 4) is 0 Å². The normalized spacial score (nSPS) is 10.4. The number of nitrogens with two attached hydrogens (primary N) is 1. The monoisotopic (exact) mass is 226 g/mol. The van der Waals surface area contributed by atoms with E-state index in [1.54, 1.807) is 0 Å². The largest absolute Gasteiger partial charge is 0.383 e. The summed E-state index contributed by atoms with van der Waals surface area (Å²) in [6.07, 6.45) is 1.81. The lowest BCUT2D eigenvalue weighted by molar-refractivity contribution is 0.605. The number of aromatic amines is 1. The van der Waals surface area contributed by atoms with Crippen LogP contribution in [0.2, 0.25) is 0 Å². The van der Waals surface area contributed by atoms with Gasteiger partial charge >= 0.3 is 5.69 Å². The van der Waals surface area contributed by atoms with E-state index in [1.807, 2.05) is 13.8 Å². The number of hydrogen-bond donors (Lipinski definition) is 3. The molecule has 0 fully saturated rings. The topological polar surface area (TPSA) is 92.9 Å². The van der Waals surface area contributed by atoms with E-state index in [4.69, 9.17) is 5.73 Å². The fourth-order valence-corrected chi connectivity index (χ4v) is 1.47. The Labute approximate surface area is 93.5 Å². The molecule has 1 aromatic heterocycles. The molecule has 0 bridgehead atoms. The first-order valence-electron chi connectivity index (χ1n) is 5.48. The second-order valence-electron chi connectivity index (χ2n) is 3.56. The summed E-state index contributed by atoms with van der Waals surface area (Å²) in [5, 5.41) is 2.86. The van der Waals surface area contributed by atoms with Gasteiger partial charge in [-0.1, -0.05) is 13.3 Å². The van der Waals surface area contributed by atoms with Crippen LogP contribution in [0.5, 0.6) is 0 Å². The third-order valence-corrected chi connectivity index (χ3v) is 2.33. The molecule has 4 N–H and O–H groups in total. The first kappa shape index (κ1) is 12.4. The molecule has 1 rings (SSSR count). The average Bonchev–Trinajstić information content (AvgIpc) is 2.24. The van der Waals surface area contributed by atoms with Crippen LogP contribution >= 0.6 is 0 Å². The van der Waals surface area contributed by atoms with Gasteiger partial charge in [-0.2, -0.15) is 0 Å². The van der Waals surface area contributed by atoms with Crippen molar-refractivity contribution in [1.82, 2.24) is 9.55 Å². The molecule has 90 valence electrons. The van der Waals surface area contributed by atoms with Crippen molar-refractivity contribution in [2.45, 2.75) is 33.2 Å². The SMILES string of the molecule is CCCCn1c(N)c(NCC)c(=O)[nH]c1=O. The lowest BCUT2D eigenvalue weighted by Gasteiger charge is -2.12. The highest BCUT2D eigenvalue weighted by molar-refractivity contribution is 5.60. The van der Waals surface area contributed by atoms with Crippen LogP contribution in [0.15, 0.2) is 9.59 Å². The van der Waals surface area contributed by atoms with Crippen molar-refractivity contribution in [2.75, 3.05) is 17.6 Å². The zero-order valence-corrected chi connectivity index (χ0v) is 9.67. The number of nitrogen functional groups attached to an aromatic ring is 1. The van der Waals surface area contributed by atoms with Crippen molar-refractivity contribution >= 4 is 11.5 Å². The van der Waals surface area contributed by atoms with Crippen molar-refractivity contribution in [1.29, 1.82) is 0 Å². The average molecular weight is 226 g/mol. The van der Waals surface area contributed by atoms with Crippen LogP contribution in [-0.4, -0.2) is 16.1 Å². The predicted octanol–water partition coefficient (Wildman–Crippen LogP) is 0.351. The molecule has 0 spiro atoms. The van der Waals surface area contributed by atoms with Crippen LogP contribution in [0.4, 0.5) is 11.5 Å². The fourth-order valence-electron chi connectivity index (χ4n) is 1.47. The van der Waals surface area contributed by atoms with Gasteiger partial charge in [0.1, 0.15) is 11.5 Å². The fraction of sp³-hybridized carbons (Fsp3) is 0.600. The molecule has 0 atom stereocenters. The van der Waals surface area contributed by atoms with Crippen molar-refractivity contribution in [3.63, 3.8) is 0 Å². The van der Waals surface area contributed by atoms with Gasteiger partial charge in [0, 0.05) is 13.1 Å². The Morgan fingerprint density at radius 2 is 2.06 bits per heavy atom. The lowest BCUT2D eigenvalue weighted by Crippen LogP contribution is -2.34. The number of nitrogens with zero attached hydrogens (tertiary/aromatic N) is 1. The smallest absolute Gasteiger partial charge is 0.330 e. The number of unbranched alkanes of at least 4 members (excludes halogenated alkanes) is 1. The molecule has 0 aliphatic rings. The number of H-pyrrole nitrogens is 1. The summed E-state index contributed by atoms with van der Waals surface area (Å²) in [5.74, 6) is 0.212. The second-order valence-corrected chi connectivity index (χ2v) is 3.56. The molecule has 0 saturated carbocycles. The van der Waals surface area contributed by atoms with Gasteiger partial charge in [0.15, 0.2) is 0 Å². The van der Waals surface area contributed by atoms with Gasteiger partial charge in [-0.3, -0.25) is 14.3 Å². The maximum absolute atomic E-state index is 11.5. The van der Waals surface area contributed by atoms with Gasteiger partial charge in [-0.25, -0.2) is 4.79 Å². The molecule has 0 unspecified atom stereocenters. The quantitative estimate of drug-likeness (QED) is 0.675. The summed E-state index contributed by atoms with van der Waals surface area (Å²) in [7, 11) is 0. The molecule has 0 aromatic carbocycles. The summed E-state index contributed by atoms with van der Waals surface area (Å²) in [6, 6.07) is 0. The first-order valence-corrected chi connectivity index (χ1v) is 5.48. The summed E-state index contributed by atoms with van der Waals surface area (Å²) in [4.78, 5) is 25.2. The number of rotatable bonds is 5. The molecule has 1 heterocycles. The summed E-state index contributed by atoms with van der Waals surface area (Å²) in [5.41, 5.74) is 5.16. The summed E-state index contributed by atoms with van der Waals surface area (Å²) < 4.78 is 1.39. The van der Waals surface area contributed by atoms with E-state index in [0.717, 1.165) is 12.8 Å². The van der Waals surface area contributed by atoms with E-state index in [9.17, 15) is 9.59 Å². The molecule has 0 aliphatic carbocycles. The molecular formula is C10H18N4O2. The van der Waals surface area contributed by atoms with Crippen LogP contribution in [0.25, 0.3) is 0 Å². The zero-order chi connectivity index (χ0) is 12.1. The Kier molecular flexibility index (Phi) is 4.16. The predicted molar refractivity (Wildman–Crippen MR) is 64.8 cm³/mol. The van der Waals surface area contributed by atoms with Gasteiger partial charge in [0.2, 0.25) is 0 Å². The molecule has 0 saturated heterocycles. The van der Waals surface area contributed by atoms with Gasteiger partial charge in [0.25, 0.3) is 5.56 Å². The summed E-state index contributed by atoms with van der Waals surface area (Å²) in [6.45, 7) is 4.99. The molecule has 1 aromatic rings. The molecule has 0 aliphatic heterocycles. The zero-order valence-electron chi connectivity index (χ0n) is 9.67. The molecular weight excluding hydrogens is 208 g/mol. The highest BCUT2D eigenvalue weighted by Crippen LogP contribution is 2.10. The Morgan fingerprint density at radius 3 is 2.62 bits per heavy atom. The Bertz CT molecular complexity index is 461. The van der Waals surface area contributed by atoms with E-state index >= 15 is 0 Å². The van der Waals surface area contributed by atoms with Gasteiger partial charge in [-0.15, -0.1) is 0 Å². The minimum absolute atomic E-state index is 0.212. The molecule has 6 heteroatoms. The molecule has 16 heavy (non-hydrogen) atoms. The first-order chi connectivity index (χ1) is 7.61. The van der Waals surface area contributed by atoms with Crippen LogP contribution < -0.4 is 22.3 Å². The molecule has 0 radical (unpaired) electrons. The highest BCUT2D eigenvalue weighted by atomic mass is 16.2. The van der Waals surface area contributed by atoms with Crippen molar-refractivity contribution in [2.24, 2.45) is 0 Å². The van der Waals surface area contributed by atoms with Gasteiger partial charge in [0.05, 0.1) is 0 Å². The third-order valence-electron chi connectivity index (χ3n) is 2.33. The molecule has 6 nitrogen and oxygen atoms in total. The standard InChI is InChI=1S/C10H18N4O2/c1-3-5-6-14-8(11)7(12-4-2)9(15)13-10(14)16/h12H,3-6,11H2,1-2H3,(H,13,15,16). The van der Waals surface area contributed by atoms with Crippen molar-refractivity contribution < 1.29 is 0 Å². The Hall–Kier alpha value is -1.72. The highest BCUT2D eigenvalue weighted by Gasteiger charge is 2.10. The number of anilines is 2. The number of hydrogen-bond acceptors (Lipinski definition) is 4. The van der Waals surface area contributed by atoms with Crippen LogP contribution in [0.1, 0.15) is 26.7 Å². The lowest BCUT2D eigenvalue weighted by atomic mass is 10.3. The van der Waals surface area contributed by atoms with E-state index in [0.29, 0.717) is 13.1 Å². The maximum Gasteiger partial charge on any atom is 0.330 e. The Morgan fingerprint density at radius 1 is 1.38 bits per heavy atom. The van der Waals surface area contributed by atoms with Crippen molar-refractivity contribution in [3.05, 3.63) is 20.8 Å². The van der Waals surface area contributed by atoms with Crippen LogP contribution in [0, 0.1) is 0 Å². The molecule has 0 amide bonds. The minimum atomic E-state index is -0.461. The van der Waals surface area contributed by atoms with Crippen LogP contribution in [0.3, 0.4) is 0 Å². The summed E-state index contributed by atoms with van der Waals surface area (Å²) >= 11 is 0. The van der Waals surface area contributed by atoms with Crippen LogP contribution in [-0.2, 0) is 6.54 Å². The minimum Gasteiger partial charge on any atom is -0.383 e. The second kappa shape index (κ2) is 5.39. The number of aromatic nitrogens is 2. The van der Waals surface area contributed by atoms with Gasteiger partial charge < -0.3 is 11.1 Å². The third kappa shape index (κ3) is 2.44. The number of nitrogens with one attached hydrogen (secondary N) is 2. The van der Waals surface area contributed by atoms with E-state index in [2.05, 4.69) is 10.3 Å². The van der Waals surface area contributed by atoms with E-state index in [-0.39, 0.29) is 11.5 Å². The van der Waals surface area contributed by atoms with E-state index < -0.39 is 11.2 Å². The van der Waals surface area contributed by atoms with E-state index in [1.165, 1.54) is 4.57 Å². The van der Waals surface area contributed by atoms with Gasteiger partial charge in [-0.05, 0) is 13.3 Å². The Balaban J connectivity index is 3.22.